The predicted molar refractivity (Wildman–Crippen MR) is 168 cm³/mol. The van der Waals surface area contributed by atoms with E-state index < -0.39 is 144 Å². The number of phosphoric acid groups is 4. The monoisotopic (exact) mass is 920 g/mol. The van der Waals surface area contributed by atoms with Crippen molar-refractivity contribution in [1.82, 2.24) is 0 Å². The largest absolute Gasteiger partial charge is 0.469 e. The third kappa shape index (κ3) is 35.8. The molecule has 36 heteroatoms. The third-order valence-corrected chi connectivity index (χ3v) is 7.04. The summed E-state index contributed by atoms with van der Waals surface area (Å²) in [5.74, 6) is -2.25. The van der Waals surface area contributed by atoms with Crippen molar-refractivity contribution in [3.63, 3.8) is 0 Å². The molecule has 0 rings (SSSR count). The summed E-state index contributed by atoms with van der Waals surface area (Å²) in [5, 5.41) is 106. The summed E-state index contributed by atoms with van der Waals surface area (Å²) in [5.41, 5.74) is 0. The van der Waals surface area contributed by atoms with Crippen LogP contribution in [0, 0.1) is 0 Å². The second-order valence-electron chi connectivity index (χ2n) is 9.79. The topological polar surface area (TPSA) is 578 Å². The fourth-order valence-corrected chi connectivity index (χ4v) is 3.72. The summed E-state index contributed by atoms with van der Waals surface area (Å²) < 4.78 is 55.8. The van der Waals surface area contributed by atoms with Gasteiger partial charge in [-0.15, -0.1) is 0 Å². The average molecular weight is 920 g/mol. The summed E-state index contributed by atoms with van der Waals surface area (Å²) >= 11 is 0. The van der Waals surface area contributed by atoms with Gasteiger partial charge in [0.25, 0.3) is 0 Å². The first kappa shape index (κ1) is 61.3. The molecule has 0 saturated heterocycles. The molecular weight excluding hydrogens is 876 g/mol. The number of aliphatic hydroxyl groups excluding tert-OH is 12. The molecular formula is C20H44O32P4. The number of aldehydes is 2. The molecule has 336 valence electrons. The number of carbonyl (C=O) groups excluding carboxylic acids is 4. The lowest BCUT2D eigenvalue weighted by molar-refractivity contribution is -0.149. The highest BCUT2D eigenvalue weighted by Crippen LogP contribution is 2.37. The van der Waals surface area contributed by atoms with E-state index in [-0.39, 0.29) is 12.6 Å². The van der Waals surface area contributed by atoms with E-state index in [0.717, 1.165) is 0 Å². The van der Waals surface area contributed by atoms with Gasteiger partial charge in [-0.3, -0.25) is 27.7 Å². The lowest BCUT2D eigenvalue weighted by atomic mass is 10.0. The Morgan fingerprint density at radius 3 is 1.05 bits per heavy atom. The Labute approximate surface area is 312 Å². The maximum absolute atomic E-state index is 10.8. The molecule has 56 heavy (non-hydrogen) atoms. The molecule has 0 amide bonds. The van der Waals surface area contributed by atoms with Crippen molar-refractivity contribution in [1.29, 1.82) is 0 Å². The Balaban J connectivity index is -0.000000328. The number of ketones is 2. The molecule has 0 saturated carbocycles. The summed E-state index contributed by atoms with van der Waals surface area (Å²) in [4.78, 5) is 106. The van der Waals surface area contributed by atoms with E-state index in [9.17, 15) is 52.8 Å². The molecule has 32 nitrogen and oxygen atoms in total. The van der Waals surface area contributed by atoms with Crippen LogP contribution in [0.4, 0.5) is 0 Å². The molecule has 0 radical (unpaired) electrons. The van der Waals surface area contributed by atoms with Crippen LogP contribution < -0.4 is 0 Å². The highest BCUT2D eigenvalue weighted by atomic mass is 31.2. The molecule has 0 aliphatic rings. The molecule has 0 aromatic rings. The number of carbonyl (C=O) groups is 4. The van der Waals surface area contributed by atoms with Gasteiger partial charge < -0.3 is 110 Å². The van der Waals surface area contributed by atoms with Crippen LogP contribution in [0.3, 0.4) is 0 Å². The molecule has 0 heterocycles. The Morgan fingerprint density at radius 1 is 0.446 bits per heavy atom. The van der Waals surface area contributed by atoms with Crippen LogP contribution >= 0.6 is 31.3 Å². The lowest BCUT2D eigenvalue weighted by Crippen LogP contribution is -2.49. The van der Waals surface area contributed by atoms with E-state index in [1.807, 2.05) is 0 Å². The van der Waals surface area contributed by atoms with Crippen molar-refractivity contribution in [2.24, 2.45) is 0 Å². The smallest absolute Gasteiger partial charge is 0.388 e. The maximum Gasteiger partial charge on any atom is 0.469 e. The van der Waals surface area contributed by atoms with Gasteiger partial charge in [0.05, 0.1) is 26.4 Å². The van der Waals surface area contributed by atoms with Crippen LogP contribution in [-0.4, -0.2) is 225 Å². The number of phosphoric ester groups is 4. The number of rotatable bonds is 24. The quantitative estimate of drug-likeness (QED) is 0.0316. The van der Waals surface area contributed by atoms with Crippen molar-refractivity contribution in [2.45, 2.75) is 61.0 Å². The summed E-state index contributed by atoms with van der Waals surface area (Å²) in [6.45, 7) is -5.57. The van der Waals surface area contributed by atoms with Gasteiger partial charge in [0.1, 0.15) is 74.3 Å². The lowest BCUT2D eigenvalue weighted by Gasteiger charge is -2.25. The SMILES string of the molecule is O=C(CO)[C@@H](O)[C@H](O)COP(=O)(O)O.O=C(CO)[C@@H](O)[C@H](O)[C@H](O)[C@H](O)COP(=O)(O)O.O=CC(O)COP(=O)(O)O.O=C[C@H](O)[C@H](O)[C@H](O)COP(=O)(O)O. The summed E-state index contributed by atoms with van der Waals surface area (Å²) in [6.07, 6.45) is -18.9. The fraction of sp³-hybridized carbons (Fsp3) is 0.800. The van der Waals surface area contributed by atoms with Crippen LogP contribution in [0.1, 0.15) is 0 Å². The highest BCUT2D eigenvalue weighted by Gasteiger charge is 2.35. The minimum atomic E-state index is -4.86. The first-order chi connectivity index (χ1) is 25.1. The molecule has 0 fully saturated rings. The van der Waals surface area contributed by atoms with Crippen LogP contribution in [0.25, 0.3) is 0 Å². The average Bonchev–Trinajstić information content (AvgIpc) is 3.10. The number of Topliss-reactive ketones (excluding diaryl/α,β-unsaturated/α-hetero) is 2. The zero-order valence-corrected chi connectivity index (χ0v) is 31.4. The van der Waals surface area contributed by atoms with Gasteiger partial charge in [0.15, 0.2) is 24.1 Å². The Hall–Kier alpha value is -1.36. The van der Waals surface area contributed by atoms with Gasteiger partial charge in [0, 0.05) is 0 Å². The number of hydrogen-bond donors (Lipinski definition) is 20. The summed E-state index contributed by atoms with van der Waals surface area (Å²) in [7, 11) is -18.9. The Bertz CT molecular complexity index is 1310. The first-order valence-corrected chi connectivity index (χ1v) is 20.0. The van der Waals surface area contributed by atoms with Gasteiger partial charge in [-0.1, -0.05) is 0 Å². The normalized spacial score (nSPS) is 17.5. The Morgan fingerprint density at radius 2 is 0.750 bits per heavy atom. The molecule has 0 aliphatic carbocycles. The second-order valence-corrected chi connectivity index (χ2v) is 14.7. The van der Waals surface area contributed by atoms with Gasteiger partial charge in [-0.2, -0.15) is 0 Å². The first-order valence-electron chi connectivity index (χ1n) is 13.9. The van der Waals surface area contributed by atoms with E-state index in [1.165, 1.54) is 0 Å². The van der Waals surface area contributed by atoms with Crippen molar-refractivity contribution < 1.29 is 156 Å². The van der Waals surface area contributed by atoms with Crippen LogP contribution in [0.5, 0.6) is 0 Å². The molecule has 0 spiro atoms. The van der Waals surface area contributed by atoms with Crippen molar-refractivity contribution in [3.8, 4) is 0 Å². The molecule has 1 unspecified atom stereocenters. The number of aliphatic hydroxyl groups is 12. The van der Waals surface area contributed by atoms with Crippen molar-refractivity contribution >= 4 is 55.4 Å². The fourth-order valence-electron chi connectivity index (χ4n) is 2.34. The van der Waals surface area contributed by atoms with Crippen LogP contribution in [0.2, 0.25) is 0 Å². The third-order valence-electron chi connectivity index (χ3n) is 5.10. The maximum atomic E-state index is 10.8. The highest BCUT2D eigenvalue weighted by molar-refractivity contribution is 7.47. The van der Waals surface area contributed by atoms with Gasteiger partial charge in [-0.05, 0) is 0 Å². The molecule has 0 aromatic heterocycles. The minimum absolute atomic E-state index is 0.0225. The summed E-state index contributed by atoms with van der Waals surface area (Å²) in [6, 6.07) is 0. The van der Waals surface area contributed by atoms with Crippen molar-refractivity contribution in [2.75, 3.05) is 39.6 Å². The molecule has 0 aliphatic heterocycles. The van der Waals surface area contributed by atoms with Gasteiger partial charge in [-0.25, -0.2) is 18.3 Å². The predicted octanol–water partition coefficient (Wildman–Crippen LogP) is -10.5. The van der Waals surface area contributed by atoms with E-state index in [2.05, 4.69) is 18.1 Å². The molecule has 0 bridgehead atoms. The van der Waals surface area contributed by atoms with Gasteiger partial charge in [0.2, 0.25) is 0 Å². The molecule has 20 N–H and O–H groups in total. The second kappa shape index (κ2) is 29.8. The molecule has 0 aromatic carbocycles. The zero-order chi connectivity index (χ0) is 45.4. The van der Waals surface area contributed by atoms with E-state index in [1.54, 1.807) is 0 Å². The van der Waals surface area contributed by atoms with Crippen LogP contribution in [-0.2, 0) is 55.5 Å². The van der Waals surface area contributed by atoms with Gasteiger partial charge >= 0.3 is 31.3 Å². The van der Waals surface area contributed by atoms with Crippen molar-refractivity contribution in [3.05, 3.63) is 0 Å². The van der Waals surface area contributed by atoms with E-state index >= 15 is 0 Å². The van der Waals surface area contributed by atoms with E-state index in [0.29, 0.717) is 0 Å². The zero-order valence-electron chi connectivity index (χ0n) is 27.8. The molecule has 10 atom stereocenters. The number of hydrogen-bond acceptors (Lipinski definition) is 24. The Kier molecular flexibility index (Phi) is 32.6. The minimum Gasteiger partial charge on any atom is -0.388 e. The van der Waals surface area contributed by atoms with E-state index in [4.69, 9.17) is 85.1 Å². The standard InChI is InChI=1S/C7H15O10P.2C5H11O8P.C3H7O6P/c8-1-3(9)5(11)7(13)6(12)4(10)2-17-18(14,15)16;2*6-1-3(7)5(9)4(8)2-13-14(10,11)12;4-1-3(5)2-9-10(6,7)8/h4-8,10-13H,1-2H2,(H2,14,15,16);4-6,8-9H,1-2H2,(H2,10,11,12);1,3-5,7-9H,2H2,(H2,10,11,12);1,3,5H,2H2,(H2,6,7,8)/t4-,5-,6-,7+;4-,5-;3-,4+,5-;/m110./s1. The van der Waals surface area contributed by atoms with Crippen LogP contribution in [0.15, 0.2) is 0 Å².